The molecule has 0 radical (unpaired) electrons. The van der Waals surface area contributed by atoms with E-state index >= 15 is 0 Å². The van der Waals surface area contributed by atoms with Crippen LogP contribution in [0.4, 0.5) is 13.2 Å². The van der Waals surface area contributed by atoms with Gasteiger partial charge in [0, 0.05) is 16.5 Å². The number of halogens is 3. The molecule has 1 aliphatic carbocycles. The van der Waals surface area contributed by atoms with E-state index in [9.17, 15) is 33.0 Å². The lowest BCUT2D eigenvalue weighted by molar-refractivity contribution is -0.258. The minimum Gasteiger partial charge on any atom is -0.384 e. The first-order valence-electron chi connectivity index (χ1n) is 9.66. The summed E-state index contributed by atoms with van der Waals surface area (Å²) < 4.78 is 38.8. The molecule has 6 nitrogen and oxygen atoms in total. The van der Waals surface area contributed by atoms with Crippen LogP contribution in [0.3, 0.4) is 0 Å². The first kappa shape index (κ1) is 23.2. The quantitative estimate of drug-likeness (QED) is 0.554. The van der Waals surface area contributed by atoms with Crippen LogP contribution in [0.5, 0.6) is 0 Å². The van der Waals surface area contributed by atoms with Gasteiger partial charge < -0.3 is 21.3 Å². The number of nitrogens with two attached hydrogens (primary N) is 1. The Morgan fingerprint density at radius 1 is 1.13 bits per heavy atom. The molecule has 1 atom stereocenters. The van der Waals surface area contributed by atoms with Gasteiger partial charge in [0.15, 0.2) is 5.60 Å². The molecule has 1 aromatic carbocycles. The van der Waals surface area contributed by atoms with Crippen LogP contribution in [0, 0.1) is 0 Å². The third-order valence-electron chi connectivity index (χ3n) is 5.72. The molecule has 5 N–H and O–H groups in total. The van der Waals surface area contributed by atoms with Crippen molar-refractivity contribution in [2.45, 2.75) is 56.0 Å². The lowest BCUT2D eigenvalue weighted by atomic mass is 9.81. The van der Waals surface area contributed by atoms with E-state index in [-0.39, 0.29) is 17.2 Å². The second-order valence-corrected chi connectivity index (χ2v) is 9.04. The summed E-state index contributed by atoms with van der Waals surface area (Å²) in [5.41, 5.74) is 0.975. The summed E-state index contributed by atoms with van der Waals surface area (Å²) in [7, 11) is 0. The van der Waals surface area contributed by atoms with Gasteiger partial charge in [0.1, 0.15) is 0 Å². The van der Waals surface area contributed by atoms with Gasteiger partial charge in [-0.25, -0.2) is 0 Å². The van der Waals surface area contributed by atoms with Gasteiger partial charge in [-0.1, -0.05) is 12.1 Å². The van der Waals surface area contributed by atoms with Crippen molar-refractivity contribution in [3.63, 3.8) is 0 Å². The maximum Gasteiger partial charge on any atom is 0.421 e. The summed E-state index contributed by atoms with van der Waals surface area (Å²) >= 11 is 1.15. The second kappa shape index (κ2) is 8.25. The fraction of sp³-hybridized carbons (Fsp3) is 0.429. The van der Waals surface area contributed by atoms with Crippen LogP contribution in [-0.2, 0) is 11.2 Å². The Morgan fingerprint density at radius 2 is 1.71 bits per heavy atom. The standard InChI is InChI=1S/C21H23F3N2O4S/c1-19(29,21(22,23)24)13-4-2-12(3-5-13)18(28)26-14-8-10-20(30,11-9-14)16-7-6-15(31-16)17(25)27/h2-7,14,29-30H,8-11H2,1H3,(H2,25,27)(H,26,28)/t14-,19-,20-/m0/s1. The lowest BCUT2D eigenvalue weighted by Crippen LogP contribution is -2.42. The predicted molar refractivity (Wildman–Crippen MR) is 109 cm³/mol. The smallest absolute Gasteiger partial charge is 0.384 e. The number of rotatable bonds is 5. The zero-order valence-corrected chi connectivity index (χ0v) is 17.5. The molecule has 1 saturated carbocycles. The van der Waals surface area contributed by atoms with Crippen LogP contribution in [0.1, 0.15) is 63.1 Å². The molecular formula is C21H23F3N2O4S. The molecule has 3 rings (SSSR count). The van der Waals surface area contributed by atoms with Crippen molar-refractivity contribution < 1.29 is 33.0 Å². The first-order chi connectivity index (χ1) is 14.3. The minimum absolute atomic E-state index is 0.173. The van der Waals surface area contributed by atoms with E-state index in [1.807, 2.05) is 0 Å². The molecule has 1 aromatic heterocycles. The van der Waals surface area contributed by atoms with Crippen LogP contribution in [0.2, 0.25) is 0 Å². The zero-order chi connectivity index (χ0) is 23.0. The number of hydrogen-bond acceptors (Lipinski definition) is 5. The number of carbonyl (C=O) groups is 2. The number of aliphatic hydroxyl groups is 2. The summed E-state index contributed by atoms with van der Waals surface area (Å²) in [6.45, 7) is 0.658. The Morgan fingerprint density at radius 3 is 2.19 bits per heavy atom. The number of alkyl halides is 3. The fourth-order valence-electron chi connectivity index (χ4n) is 3.59. The van der Waals surface area contributed by atoms with Gasteiger partial charge in [0.2, 0.25) is 0 Å². The Kier molecular flexibility index (Phi) is 6.18. The highest BCUT2D eigenvalue weighted by Crippen LogP contribution is 2.41. The SMILES string of the molecule is C[C@](O)(c1ccc(C(=O)N[C@H]2CC[C@@](O)(c3ccc(C(N)=O)s3)CC2)cc1)C(F)(F)F. The molecule has 0 aliphatic heterocycles. The third kappa shape index (κ3) is 4.76. The van der Waals surface area contributed by atoms with Crippen LogP contribution in [0.15, 0.2) is 36.4 Å². The number of benzene rings is 1. The fourth-order valence-corrected chi connectivity index (χ4v) is 4.59. The average molecular weight is 456 g/mol. The van der Waals surface area contributed by atoms with E-state index < -0.39 is 29.2 Å². The van der Waals surface area contributed by atoms with E-state index in [0.29, 0.717) is 42.4 Å². The molecule has 0 bridgehead atoms. The predicted octanol–water partition coefficient (Wildman–Crippen LogP) is 3.18. The first-order valence-corrected chi connectivity index (χ1v) is 10.5. The van der Waals surface area contributed by atoms with Crippen molar-refractivity contribution in [2.24, 2.45) is 5.73 Å². The van der Waals surface area contributed by atoms with Gasteiger partial charge in [-0.15, -0.1) is 11.3 Å². The molecule has 1 fully saturated rings. The third-order valence-corrected chi connectivity index (χ3v) is 7.01. The monoisotopic (exact) mass is 456 g/mol. The van der Waals surface area contributed by atoms with Gasteiger partial charge in [0.25, 0.3) is 11.8 Å². The molecule has 2 aromatic rings. The van der Waals surface area contributed by atoms with Crippen LogP contribution in [-0.4, -0.2) is 34.2 Å². The molecule has 1 heterocycles. The molecule has 2 amide bonds. The van der Waals surface area contributed by atoms with E-state index in [4.69, 9.17) is 5.73 Å². The molecule has 0 spiro atoms. The number of primary amides is 1. The van der Waals surface area contributed by atoms with Gasteiger partial charge in [0.05, 0.1) is 10.5 Å². The number of carbonyl (C=O) groups excluding carboxylic acids is 2. The maximum atomic E-state index is 12.9. The van der Waals surface area contributed by atoms with Crippen molar-refractivity contribution in [1.29, 1.82) is 0 Å². The highest BCUT2D eigenvalue weighted by atomic mass is 32.1. The van der Waals surface area contributed by atoms with Crippen molar-refractivity contribution in [1.82, 2.24) is 5.32 Å². The van der Waals surface area contributed by atoms with Crippen molar-refractivity contribution >= 4 is 23.2 Å². The van der Waals surface area contributed by atoms with Gasteiger partial charge in [-0.3, -0.25) is 9.59 Å². The number of amides is 2. The summed E-state index contributed by atoms with van der Waals surface area (Å²) in [5, 5.41) is 23.5. The molecule has 168 valence electrons. The minimum atomic E-state index is -4.84. The van der Waals surface area contributed by atoms with E-state index in [1.54, 1.807) is 12.1 Å². The summed E-state index contributed by atoms with van der Waals surface area (Å²) in [6, 6.07) is 7.68. The Hall–Kier alpha value is -2.43. The largest absolute Gasteiger partial charge is 0.421 e. The van der Waals surface area contributed by atoms with E-state index in [2.05, 4.69) is 5.32 Å². The average Bonchev–Trinajstić information content (AvgIpc) is 3.20. The number of hydrogen-bond donors (Lipinski definition) is 4. The molecular weight excluding hydrogens is 433 g/mol. The van der Waals surface area contributed by atoms with Gasteiger partial charge in [-0.2, -0.15) is 13.2 Å². The molecule has 10 heteroatoms. The lowest BCUT2D eigenvalue weighted by Gasteiger charge is -2.35. The molecule has 0 saturated heterocycles. The Balaban J connectivity index is 1.60. The van der Waals surface area contributed by atoms with Crippen molar-refractivity contribution in [2.75, 3.05) is 0 Å². The summed E-state index contributed by atoms with van der Waals surface area (Å²) in [4.78, 5) is 24.8. The zero-order valence-electron chi connectivity index (χ0n) is 16.7. The Labute approximate surface area is 180 Å². The normalized spacial score (nSPS) is 23.7. The van der Waals surface area contributed by atoms with Crippen LogP contribution >= 0.6 is 11.3 Å². The van der Waals surface area contributed by atoms with E-state index in [1.165, 1.54) is 12.1 Å². The van der Waals surface area contributed by atoms with Gasteiger partial charge >= 0.3 is 6.18 Å². The highest BCUT2D eigenvalue weighted by Gasteiger charge is 2.51. The maximum absolute atomic E-state index is 12.9. The summed E-state index contributed by atoms with van der Waals surface area (Å²) in [6.07, 6.45) is -3.09. The highest BCUT2D eigenvalue weighted by molar-refractivity contribution is 7.14. The van der Waals surface area contributed by atoms with Crippen LogP contribution < -0.4 is 11.1 Å². The van der Waals surface area contributed by atoms with Crippen LogP contribution in [0.25, 0.3) is 0 Å². The molecule has 1 aliphatic rings. The topological polar surface area (TPSA) is 113 Å². The Bertz CT molecular complexity index is 962. The molecule has 0 unspecified atom stereocenters. The van der Waals surface area contributed by atoms with Crippen molar-refractivity contribution in [3.05, 3.63) is 57.3 Å². The van der Waals surface area contributed by atoms with E-state index in [0.717, 1.165) is 23.5 Å². The second-order valence-electron chi connectivity index (χ2n) is 7.95. The van der Waals surface area contributed by atoms with Crippen molar-refractivity contribution in [3.8, 4) is 0 Å². The number of thiophene rings is 1. The van der Waals surface area contributed by atoms with Gasteiger partial charge in [-0.05, 0) is 62.4 Å². The summed E-state index contributed by atoms with van der Waals surface area (Å²) in [5.74, 6) is -0.996. The number of nitrogens with one attached hydrogen (secondary N) is 1. The molecule has 31 heavy (non-hydrogen) atoms.